The average Bonchev–Trinajstić information content (AvgIpc) is 0.909. The molecule has 0 amide bonds. The summed E-state index contributed by atoms with van der Waals surface area (Å²) in [6, 6.07) is 0. The summed E-state index contributed by atoms with van der Waals surface area (Å²) in [5.41, 5.74) is 0. The molecule has 0 aliphatic heterocycles. The maximum atomic E-state index is 13.1. The Labute approximate surface area is 645 Å². The number of aliphatic hydroxyl groups is 1. The quantitative estimate of drug-likeness (QED) is 0.0222. The first-order chi connectivity index (χ1) is 50.9. The number of carbonyl (C=O) groups excluding carboxylic acids is 4. The Kier molecular flexibility index (Phi) is 76.0. The maximum absolute atomic E-state index is 13.1. The highest BCUT2D eigenvalue weighted by molar-refractivity contribution is 7.47. The van der Waals surface area contributed by atoms with E-state index in [0.29, 0.717) is 25.7 Å². The van der Waals surface area contributed by atoms with Crippen LogP contribution in [0.25, 0.3) is 0 Å². The summed E-state index contributed by atoms with van der Waals surface area (Å²) in [7, 11) is -9.93. The van der Waals surface area contributed by atoms with Crippen LogP contribution in [-0.4, -0.2) is 96.7 Å². The predicted molar refractivity (Wildman–Crippen MR) is 432 cm³/mol. The second-order valence-corrected chi connectivity index (χ2v) is 34.6. The van der Waals surface area contributed by atoms with E-state index in [4.69, 9.17) is 37.0 Å². The van der Waals surface area contributed by atoms with Crippen molar-refractivity contribution >= 4 is 39.5 Å². The van der Waals surface area contributed by atoms with Gasteiger partial charge in [0.15, 0.2) is 12.2 Å². The molecule has 6 atom stereocenters. The molecule has 0 aromatic carbocycles. The van der Waals surface area contributed by atoms with E-state index in [1.54, 1.807) is 0 Å². The molecule has 0 heterocycles. The minimum Gasteiger partial charge on any atom is -0.462 e. The van der Waals surface area contributed by atoms with E-state index in [0.717, 1.165) is 102 Å². The fourth-order valence-corrected chi connectivity index (χ4v) is 15.0. The molecule has 0 aromatic rings. The molecule has 624 valence electrons. The van der Waals surface area contributed by atoms with E-state index in [9.17, 15) is 43.2 Å². The van der Waals surface area contributed by atoms with Gasteiger partial charge >= 0.3 is 39.5 Å². The van der Waals surface area contributed by atoms with Gasteiger partial charge in [-0.1, -0.05) is 408 Å². The van der Waals surface area contributed by atoms with Crippen LogP contribution >= 0.6 is 15.6 Å². The lowest BCUT2D eigenvalue weighted by molar-refractivity contribution is -0.161. The predicted octanol–water partition coefficient (Wildman–Crippen LogP) is 26.2. The van der Waals surface area contributed by atoms with Crippen LogP contribution in [0.3, 0.4) is 0 Å². The number of phosphoric acid groups is 2. The lowest BCUT2D eigenvalue weighted by Crippen LogP contribution is -2.30. The summed E-state index contributed by atoms with van der Waals surface area (Å²) in [6.07, 6.45) is 69.4. The Morgan fingerprint density at radius 2 is 0.486 bits per heavy atom. The first-order valence-electron chi connectivity index (χ1n) is 44.5. The standard InChI is InChI=1S/C86H168O17P2/c1-7-10-12-14-16-18-20-22-23-24-28-31-35-38-44-50-56-62-68-83(88)96-74-81(102-86(91)71-65-59-53-46-40-36-32-29-26-25-27-30-34-37-43-49-55-61-67-79(6)9-3)76-100-104(92,93)98-72-80(87)73-99-105(94,95)101-77-82(75-97-84(89)69-63-57-51-47-41-42-48-54-60-66-78(4)5)103-85(90)70-64-58-52-45-39-33-21-19-17-15-13-11-8-2/h78-82,87H,7-77H2,1-6H3,(H,92,93)(H,94,95)/t79?,80-,81-,82-/m1/s1. The zero-order chi connectivity index (χ0) is 77.1. The third-order valence-electron chi connectivity index (χ3n) is 20.6. The molecule has 0 fully saturated rings. The zero-order valence-corrected chi connectivity index (χ0v) is 70.8. The van der Waals surface area contributed by atoms with E-state index in [1.807, 2.05) is 0 Å². The Balaban J connectivity index is 5.23. The Hall–Kier alpha value is -1.94. The van der Waals surface area contributed by atoms with Crippen molar-refractivity contribution in [1.29, 1.82) is 0 Å². The fourth-order valence-electron chi connectivity index (χ4n) is 13.4. The van der Waals surface area contributed by atoms with Crippen molar-refractivity contribution in [3.05, 3.63) is 0 Å². The Bertz CT molecular complexity index is 2010. The van der Waals surface area contributed by atoms with Gasteiger partial charge in [0.25, 0.3) is 0 Å². The van der Waals surface area contributed by atoms with E-state index < -0.39 is 97.5 Å². The lowest BCUT2D eigenvalue weighted by atomic mass is 9.99. The zero-order valence-electron chi connectivity index (χ0n) is 69.0. The van der Waals surface area contributed by atoms with Crippen LogP contribution in [0, 0.1) is 11.8 Å². The number of carbonyl (C=O) groups is 4. The number of hydrogen-bond donors (Lipinski definition) is 3. The van der Waals surface area contributed by atoms with Crippen LogP contribution in [0.15, 0.2) is 0 Å². The summed E-state index contributed by atoms with van der Waals surface area (Å²) in [6.45, 7) is 9.72. The highest BCUT2D eigenvalue weighted by Gasteiger charge is 2.30. The largest absolute Gasteiger partial charge is 0.472 e. The third kappa shape index (κ3) is 78.5. The second kappa shape index (κ2) is 77.4. The summed E-state index contributed by atoms with van der Waals surface area (Å²) in [5.74, 6) is -0.486. The molecule has 0 saturated heterocycles. The van der Waals surface area contributed by atoms with Crippen molar-refractivity contribution < 1.29 is 80.2 Å². The normalized spacial score (nSPS) is 14.1. The van der Waals surface area contributed by atoms with Crippen LogP contribution in [0.5, 0.6) is 0 Å². The van der Waals surface area contributed by atoms with Gasteiger partial charge < -0.3 is 33.8 Å². The van der Waals surface area contributed by atoms with Crippen LogP contribution in [0.1, 0.15) is 459 Å². The van der Waals surface area contributed by atoms with E-state index in [-0.39, 0.29) is 25.7 Å². The van der Waals surface area contributed by atoms with Gasteiger partial charge in [0.05, 0.1) is 26.4 Å². The molecule has 0 aliphatic rings. The first kappa shape index (κ1) is 103. The van der Waals surface area contributed by atoms with Gasteiger partial charge in [-0.2, -0.15) is 0 Å². The van der Waals surface area contributed by atoms with Gasteiger partial charge in [-0.05, 0) is 37.5 Å². The van der Waals surface area contributed by atoms with Gasteiger partial charge in [0, 0.05) is 25.7 Å². The average molecular weight is 1540 g/mol. The highest BCUT2D eigenvalue weighted by Crippen LogP contribution is 2.45. The molecule has 19 heteroatoms. The second-order valence-electron chi connectivity index (χ2n) is 31.6. The topological polar surface area (TPSA) is 237 Å². The number of unbranched alkanes of at least 4 members (excludes halogenated alkanes) is 54. The monoisotopic (exact) mass is 1540 g/mol. The molecule has 0 bridgehead atoms. The van der Waals surface area contributed by atoms with Crippen LogP contribution < -0.4 is 0 Å². The van der Waals surface area contributed by atoms with Gasteiger partial charge in [-0.25, -0.2) is 9.13 Å². The van der Waals surface area contributed by atoms with Crippen LogP contribution in [0.4, 0.5) is 0 Å². The van der Waals surface area contributed by atoms with E-state index in [1.165, 1.54) is 276 Å². The molecule has 0 radical (unpaired) electrons. The molecular formula is C86H168O17P2. The number of rotatable bonds is 85. The first-order valence-corrected chi connectivity index (χ1v) is 47.5. The third-order valence-corrected chi connectivity index (χ3v) is 22.5. The van der Waals surface area contributed by atoms with Crippen molar-refractivity contribution in [3.63, 3.8) is 0 Å². The molecule has 0 aromatic heterocycles. The maximum Gasteiger partial charge on any atom is 0.472 e. The molecule has 3 N–H and O–H groups in total. The molecule has 0 saturated carbocycles. The fraction of sp³-hybridized carbons (Fsp3) is 0.953. The summed E-state index contributed by atoms with van der Waals surface area (Å²) < 4.78 is 68.9. The van der Waals surface area contributed by atoms with Crippen LogP contribution in [-0.2, 0) is 65.4 Å². The molecule has 105 heavy (non-hydrogen) atoms. The lowest BCUT2D eigenvalue weighted by Gasteiger charge is -2.21. The Morgan fingerprint density at radius 1 is 0.276 bits per heavy atom. The minimum absolute atomic E-state index is 0.108. The van der Waals surface area contributed by atoms with Crippen molar-refractivity contribution in [2.45, 2.75) is 477 Å². The number of hydrogen-bond acceptors (Lipinski definition) is 15. The van der Waals surface area contributed by atoms with Gasteiger partial charge in [0.1, 0.15) is 19.3 Å². The van der Waals surface area contributed by atoms with Crippen molar-refractivity contribution in [2.24, 2.45) is 11.8 Å². The number of phosphoric ester groups is 2. The van der Waals surface area contributed by atoms with Crippen molar-refractivity contribution in [1.82, 2.24) is 0 Å². The van der Waals surface area contributed by atoms with Gasteiger partial charge in [-0.3, -0.25) is 37.3 Å². The molecule has 3 unspecified atom stereocenters. The molecular weight excluding hydrogens is 1370 g/mol. The molecule has 0 spiro atoms. The molecule has 0 rings (SSSR count). The van der Waals surface area contributed by atoms with Crippen molar-refractivity contribution in [2.75, 3.05) is 39.6 Å². The number of ether oxygens (including phenoxy) is 4. The summed E-state index contributed by atoms with van der Waals surface area (Å²) >= 11 is 0. The van der Waals surface area contributed by atoms with Crippen molar-refractivity contribution in [3.8, 4) is 0 Å². The van der Waals surface area contributed by atoms with Gasteiger partial charge in [-0.15, -0.1) is 0 Å². The van der Waals surface area contributed by atoms with E-state index in [2.05, 4.69) is 41.5 Å². The van der Waals surface area contributed by atoms with E-state index >= 15 is 0 Å². The number of esters is 4. The SMILES string of the molecule is CCCCCCCCCCCCCCCCCCCCC(=O)OC[C@H](COP(=O)(O)OC[C@@H](O)COP(=O)(O)OC[C@@H](COC(=O)CCCCCCCCCCCC(C)C)OC(=O)CCCCCCCCCCCCCCC)OC(=O)CCCCCCCCCCCCCCCCCCCCC(C)CC. The number of aliphatic hydroxyl groups excluding tert-OH is 1. The Morgan fingerprint density at radius 3 is 0.724 bits per heavy atom. The molecule has 0 aliphatic carbocycles. The smallest absolute Gasteiger partial charge is 0.462 e. The summed E-state index contributed by atoms with van der Waals surface area (Å²) in [4.78, 5) is 73.2. The van der Waals surface area contributed by atoms with Gasteiger partial charge in [0.2, 0.25) is 0 Å². The molecule has 17 nitrogen and oxygen atoms in total. The van der Waals surface area contributed by atoms with Crippen LogP contribution in [0.2, 0.25) is 0 Å². The summed E-state index contributed by atoms with van der Waals surface area (Å²) in [5, 5.41) is 10.7. The minimum atomic E-state index is -4.97. The highest BCUT2D eigenvalue weighted by atomic mass is 31.2.